The van der Waals surface area contributed by atoms with Crippen molar-refractivity contribution in [3.8, 4) is 0 Å². The zero-order chi connectivity index (χ0) is 13.7. The fourth-order valence-corrected chi connectivity index (χ4v) is 2.28. The Labute approximate surface area is 126 Å². The van der Waals surface area contributed by atoms with Gasteiger partial charge in [0.05, 0.1) is 0 Å². The van der Waals surface area contributed by atoms with Crippen LogP contribution in [0, 0.1) is 9.49 Å². The topological polar surface area (TPSA) is 58.2 Å². The van der Waals surface area contributed by atoms with E-state index in [4.69, 9.17) is 0 Å². The smallest absolute Gasteiger partial charge is 0.224 e. The van der Waals surface area contributed by atoms with Gasteiger partial charge in [-0.05, 0) is 60.1 Å². The van der Waals surface area contributed by atoms with Crippen molar-refractivity contribution in [2.75, 3.05) is 11.9 Å². The molecule has 1 aromatic carbocycles. The van der Waals surface area contributed by atoms with Gasteiger partial charge in [0, 0.05) is 28.1 Å². The summed E-state index contributed by atoms with van der Waals surface area (Å²) >= 11 is 2.21. The Kier molecular flexibility index (Phi) is 5.18. The van der Waals surface area contributed by atoms with Crippen LogP contribution < -0.4 is 10.6 Å². The quantitative estimate of drug-likeness (QED) is 0.596. The number of halogens is 1. The van der Waals surface area contributed by atoms with Gasteiger partial charge in [0.2, 0.25) is 11.8 Å². The van der Waals surface area contributed by atoms with E-state index in [1.165, 1.54) is 0 Å². The molecule has 1 aliphatic carbocycles. The third-order valence-corrected chi connectivity index (χ3v) is 3.61. The van der Waals surface area contributed by atoms with Gasteiger partial charge < -0.3 is 10.6 Å². The molecule has 0 saturated heterocycles. The first-order valence-electron chi connectivity index (χ1n) is 6.48. The molecule has 1 fully saturated rings. The Balaban J connectivity index is 1.62. The van der Waals surface area contributed by atoms with Crippen molar-refractivity contribution in [1.29, 1.82) is 0 Å². The van der Waals surface area contributed by atoms with Gasteiger partial charge in [0.1, 0.15) is 0 Å². The highest BCUT2D eigenvalue weighted by molar-refractivity contribution is 14.1. The molecule has 2 rings (SSSR count). The minimum absolute atomic E-state index is 0.0114. The molecule has 5 heteroatoms. The summed E-state index contributed by atoms with van der Waals surface area (Å²) in [5.74, 6) is 0.362. The van der Waals surface area contributed by atoms with E-state index in [1.54, 1.807) is 0 Å². The van der Waals surface area contributed by atoms with E-state index in [9.17, 15) is 9.59 Å². The lowest BCUT2D eigenvalue weighted by molar-refractivity contribution is -0.122. The van der Waals surface area contributed by atoms with Gasteiger partial charge in [0.15, 0.2) is 0 Å². The zero-order valence-corrected chi connectivity index (χ0v) is 12.8. The summed E-state index contributed by atoms with van der Waals surface area (Å²) in [5.41, 5.74) is 0.818. The SMILES string of the molecule is O=C(CCCNC(=O)C1CC1)Nc1cccc(I)c1. The molecule has 0 aliphatic heterocycles. The number of benzene rings is 1. The van der Waals surface area contributed by atoms with Crippen LogP contribution >= 0.6 is 22.6 Å². The molecule has 0 unspecified atom stereocenters. The number of carbonyl (C=O) groups is 2. The van der Waals surface area contributed by atoms with Gasteiger partial charge in [-0.1, -0.05) is 6.07 Å². The molecule has 0 spiro atoms. The van der Waals surface area contributed by atoms with Crippen molar-refractivity contribution in [2.45, 2.75) is 25.7 Å². The second kappa shape index (κ2) is 6.88. The van der Waals surface area contributed by atoms with Crippen LogP contribution in [0.2, 0.25) is 0 Å². The highest BCUT2D eigenvalue weighted by atomic mass is 127. The van der Waals surface area contributed by atoms with E-state index in [-0.39, 0.29) is 17.7 Å². The minimum Gasteiger partial charge on any atom is -0.356 e. The molecule has 2 amide bonds. The molecule has 0 atom stereocenters. The second-order valence-corrected chi connectivity index (χ2v) is 5.97. The van der Waals surface area contributed by atoms with Crippen LogP contribution in [0.4, 0.5) is 5.69 Å². The van der Waals surface area contributed by atoms with Crippen molar-refractivity contribution < 1.29 is 9.59 Å². The first-order valence-corrected chi connectivity index (χ1v) is 7.56. The molecule has 19 heavy (non-hydrogen) atoms. The van der Waals surface area contributed by atoms with Gasteiger partial charge in [-0.2, -0.15) is 0 Å². The van der Waals surface area contributed by atoms with E-state index in [1.807, 2.05) is 24.3 Å². The Morgan fingerprint density at radius 3 is 2.79 bits per heavy atom. The summed E-state index contributed by atoms with van der Waals surface area (Å²) in [6.45, 7) is 0.578. The molecular weight excluding hydrogens is 355 g/mol. The molecule has 1 aliphatic rings. The van der Waals surface area contributed by atoms with Crippen LogP contribution in [0.1, 0.15) is 25.7 Å². The molecule has 0 aromatic heterocycles. The third kappa shape index (κ3) is 5.18. The maximum absolute atomic E-state index is 11.7. The van der Waals surface area contributed by atoms with Crippen LogP contribution in [0.25, 0.3) is 0 Å². The lowest BCUT2D eigenvalue weighted by Gasteiger charge is -2.06. The average Bonchev–Trinajstić information content (AvgIpc) is 3.18. The second-order valence-electron chi connectivity index (χ2n) is 4.73. The van der Waals surface area contributed by atoms with E-state index >= 15 is 0 Å². The van der Waals surface area contributed by atoms with Crippen molar-refractivity contribution in [1.82, 2.24) is 5.32 Å². The molecular formula is C14H17IN2O2. The maximum Gasteiger partial charge on any atom is 0.224 e. The molecule has 2 N–H and O–H groups in total. The number of amides is 2. The summed E-state index contributed by atoms with van der Waals surface area (Å²) < 4.78 is 1.09. The number of rotatable bonds is 6. The fraction of sp³-hybridized carbons (Fsp3) is 0.429. The normalized spacial score (nSPS) is 13.9. The van der Waals surface area contributed by atoms with Crippen LogP contribution in [0.3, 0.4) is 0 Å². The maximum atomic E-state index is 11.7. The Hall–Kier alpha value is -1.11. The summed E-state index contributed by atoms with van der Waals surface area (Å²) in [6.07, 6.45) is 3.13. The molecule has 102 valence electrons. The van der Waals surface area contributed by atoms with Gasteiger partial charge in [-0.3, -0.25) is 9.59 Å². The first-order chi connectivity index (χ1) is 9.15. The highest BCUT2D eigenvalue weighted by Gasteiger charge is 2.28. The number of hydrogen-bond acceptors (Lipinski definition) is 2. The monoisotopic (exact) mass is 372 g/mol. The van der Waals surface area contributed by atoms with Crippen molar-refractivity contribution >= 4 is 40.1 Å². The lowest BCUT2D eigenvalue weighted by atomic mass is 10.2. The average molecular weight is 372 g/mol. The van der Waals surface area contributed by atoms with Crippen LogP contribution in [0.5, 0.6) is 0 Å². The van der Waals surface area contributed by atoms with E-state index in [0.717, 1.165) is 22.1 Å². The molecule has 0 radical (unpaired) electrons. The summed E-state index contributed by atoms with van der Waals surface area (Å²) in [4.78, 5) is 23.1. The van der Waals surface area contributed by atoms with Crippen LogP contribution in [0.15, 0.2) is 24.3 Å². The van der Waals surface area contributed by atoms with E-state index < -0.39 is 0 Å². The predicted molar refractivity (Wildman–Crippen MR) is 82.8 cm³/mol. The van der Waals surface area contributed by atoms with Gasteiger partial charge in [0.25, 0.3) is 0 Å². The summed E-state index contributed by atoms with van der Waals surface area (Å²) in [7, 11) is 0. The summed E-state index contributed by atoms with van der Waals surface area (Å²) in [5, 5.41) is 5.70. The molecule has 4 nitrogen and oxygen atoms in total. The molecule has 0 heterocycles. The number of anilines is 1. The van der Waals surface area contributed by atoms with E-state index in [0.29, 0.717) is 19.4 Å². The number of carbonyl (C=O) groups excluding carboxylic acids is 2. The van der Waals surface area contributed by atoms with Gasteiger partial charge in [-0.25, -0.2) is 0 Å². The first kappa shape index (κ1) is 14.3. The minimum atomic E-state index is -0.0114. The van der Waals surface area contributed by atoms with Crippen LogP contribution in [-0.2, 0) is 9.59 Å². The third-order valence-electron chi connectivity index (χ3n) is 2.94. The standard InChI is InChI=1S/C14H17IN2O2/c15-11-3-1-4-12(9-11)17-13(18)5-2-8-16-14(19)10-6-7-10/h1,3-4,9-10H,2,5-8H2,(H,16,19)(H,17,18). The Bertz CT molecular complexity index is 472. The number of hydrogen-bond donors (Lipinski definition) is 2. The largest absolute Gasteiger partial charge is 0.356 e. The summed E-state index contributed by atoms with van der Waals surface area (Å²) in [6, 6.07) is 7.68. The molecule has 0 bridgehead atoms. The number of nitrogens with one attached hydrogen (secondary N) is 2. The van der Waals surface area contributed by atoms with Gasteiger partial charge >= 0.3 is 0 Å². The molecule has 1 aromatic rings. The lowest BCUT2D eigenvalue weighted by Crippen LogP contribution is -2.26. The van der Waals surface area contributed by atoms with E-state index in [2.05, 4.69) is 33.2 Å². The van der Waals surface area contributed by atoms with Crippen LogP contribution in [-0.4, -0.2) is 18.4 Å². The Morgan fingerprint density at radius 2 is 2.11 bits per heavy atom. The fourth-order valence-electron chi connectivity index (χ4n) is 1.74. The van der Waals surface area contributed by atoms with Crippen molar-refractivity contribution in [3.05, 3.63) is 27.8 Å². The zero-order valence-electron chi connectivity index (χ0n) is 10.6. The predicted octanol–water partition coefficient (Wildman–Crippen LogP) is 2.54. The Morgan fingerprint density at radius 1 is 1.32 bits per heavy atom. The molecule has 1 saturated carbocycles. The van der Waals surface area contributed by atoms with Crippen molar-refractivity contribution in [2.24, 2.45) is 5.92 Å². The highest BCUT2D eigenvalue weighted by Crippen LogP contribution is 2.28. The van der Waals surface area contributed by atoms with Gasteiger partial charge in [-0.15, -0.1) is 0 Å². The van der Waals surface area contributed by atoms with Crippen molar-refractivity contribution in [3.63, 3.8) is 0 Å².